The Morgan fingerprint density at radius 1 is 1.00 bits per heavy atom. The fourth-order valence-corrected chi connectivity index (χ4v) is 5.84. The molecule has 28 heavy (non-hydrogen) atoms. The van der Waals surface area contributed by atoms with E-state index < -0.39 is 20.0 Å². The molecule has 0 bridgehead atoms. The lowest BCUT2D eigenvalue weighted by molar-refractivity contribution is 0.174. The van der Waals surface area contributed by atoms with Gasteiger partial charge in [-0.15, -0.1) is 0 Å². The lowest BCUT2D eigenvalue weighted by atomic mass is 10.2. The predicted octanol–water partition coefficient (Wildman–Crippen LogP) is 1.82. The molecular weight excluding hydrogens is 404 g/mol. The average molecular weight is 425 g/mol. The Labute approximate surface area is 164 Å². The Balaban J connectivity index is 1.47. The first-order valence-corrected chi connectivity index (χ1v) is 11.9. The molecule has 0 radical (unpaired) electrons. The van der Waals surface area contributed by atoms with Crippen LogP contribution in [0.25, 0.3) is 0 Å². The average Bonchev–Trinajstić information content (AvgIpc) is 3.14. The molecule has 1 N–H and O–H groups in total. The van der Waals surface area contributed by atoms with Crippen LogP contribution in [0.15, 0.2) is 47.4 Å². The van der Waals surface area contributed by atoms with Crippen molar-refractivity contribution in [2.75, 3.05) is 23.4 Å². The summed E-state index contributed by atoms with van der Waals surface area (Å²) < 4.78 is 63.9. The van der Waals surface area contributed by atoms with Crippen LogP contribution in [-0.4, -0.2) is 35.9 Å². The van der Waals surface area contributed by atoms with Crippen molar-refractivity contribution in [2.45, 2.75) is 24.3 Å². The Kier molecular flexibility index (Phi) is 4.94. The van der Waals surface area contributed by atoms with Gasteiger partial charge in [0.15, 0.2) is 11.5 Å². The van der Waals surface area contributed by atoms with E-state index in [0.29, 0.717) is 30.2 Å². The van der Waals surface area contributed by atoms with Gasteiger partial charge < -0.3 is 9.47 Å². The Morgan fingerprint density at radius 2 is 1.75 bits per heavy atom. The maximum Gasteiger partial charge on any atom is 0.240 e. The van der Waals surface area contributed by atoms with Crippen molar-refractivity contribution >= 4 is 25.7 Å². The SMILES string of the molecule is O=S(=O)(NCc1ccc2c(c1)OCO2)c1ccc(N2CCCCS2(=O)=O)cc1. The summed E-state index contributed by atoms with van der Waals surface area (Å²) in [6.45, 7) is 0.668. The summed E-state index contributed by atoms with van der Waals surface area (Å²) >= 11 is 0. The Morgan fingerprint density at radius 3 is 2.50 bits per heavy atom. The summed E-state index contributed by atoms with van der Waals surface area (Å²) in [6, 6.07) is 11.1. The number of ether oxygens (including phenoxy) is 2. The smallest absolute Gasteiger partial charge is 0.240 e. The highest BCUT2D eigenvalue weighted by Gasteiger charge is 2.26. The van der Waals surface area contributed by atoms with E-state index in [1.54, 1.807) is 18.2 Å². The summed E-state index contributed by atoms with van der Waals surface area (Å²) in [5.74, 6) is 1.34. The van der Waals surface area contributed by atoms with Crippen LogP contribution in [0.3, 0.4) is 0 Å². The van der Waals surface area contributed by atoms with Gasteiger partial charge in [-0.25, -0.2) is 21.6 Å². The molecule has 8 nitrogen and oxygen atoms in total. The van der Waals surface area contributed by atoms with Crippen molar-refractivity contribution in [1.82, 2.24) is 4.72 Å². The van der Waals surface area contributed by atoms with Gasteiger partial charge in [-0.2, -0.15) is 0 Å². The zero-order chi connectivity index (χ0) is 19.8. The van der Waals surface area contributed by atoms with E-state index >= 15 is 0 Å². The summed E-state index contributed by atoms with van der Waals surface area (Å²) in [4.78, 5) is 0.0754. The summed E-state index contributed by atoms with van der Waals surface area (Å²) in [6.07, 6.45) is 1.44. The lowest BCUT2D eigenvalue weighted by Crippen LogP contribution is -2.37. The number of rotatable bonds is 5. The van der Waals surface area contributed by atoms with Crippen molar-refractivity contribution in [3.05, 3.63) is 48.0 Å². The first-order valence-electron chi connectivity index (χ1n) is 8.84. The molecule has 1 fully saturated rings. The lowest BCUT2D eigenvalue weighted by Gasteiger charge is -2.28. The largest absolute Gasteiger partial charge is 0.454 e. The molecular formula is C18H20N2O6S2. The molecule has 0 atom stereocenters. The number of anilines is 1. The molecule has 0 aromatic heterocycles. The third-order valence-electron chi connectivity index (χ3n) is 4.69. The van der Waals surface area contributed by atoms with E-state index in [1.165, 1.54) is 28.6 Å². The van der Waals surface area contributed by atoms with Gasteiger partial charge in [0.25, 0.3) is 0 Å². The molecule has 2 aromatic rings. The molecule has 150 valence electrons. The van der Waals surface area contributed by atoms with Gasteiger partial charge >= 0.3 is 0 Å². The minimum atomic E-state index is -3.74. The van der Waals surface area contributed by atoms with E-state index in [2.05, 4.69) is 4.72 Å². The maximum atomic E-state index is 12.6. The maximum absolute atomic E-state index is 12.6. The molecule has 4 rings (SSSR count). The molecule has 2 heterocycles. The van der Waals surface area contributed by atoms with Gasteiger partial charge in [0, 0.05) is 13.1 Å². The number of fused-ring (bicyclic) bond motifs is 1. The van der Waals surface area contributed by atoms with Crippen molar-refractivity contribution in [2.24, 2.45) is 0 Å². The molecule has 0 spiro atoms. The van der Waals surface area contributed by atoms with E-state index in [0.717, 1.165) is 12.0 Å². The van der Waals surface area contributed by atoms with Crippen molar-refractivity contribution in [3.63, 3.8) is 0 Å². The monoisotopic (exact) mass is 424 g/mol. The highest BCUT2D eigenvalue weighted by atomic mass is 32.2. The fourth-order valence-electron chi connectivity index (χ4n) is 3.18. The van der Waals surface area contributed by atoms with Crippen LogP contribution >= 0.6 is 0 Å². The van der Waals surface area contributed by atoms with Crippen molar-refractivity contribution < 1.29 is 26.3 Å². The second-order valence-corrected chi connectivity index (χ2v) is 10.4. The summed E-state index contributed by atoms with van der Waals surface area (Å²) in [5.41, 5.74) is 1.22. The van der Waals surface area contributed by atoms with Gasteiger partial charge in [0.2, 0.25) is 26.8 Å². The second-order valence-electron chi connectivity index (χ2n) is 6.60. The Hall–Kier alpha value is -2.30. The van der Waals surface area contributed by atoms with E-state index in [4.69, 9.17) is 9.47 Å². The first kappa shape index (κ1) is 19.0. The van der Waals surface area contributed by atoms with Gasteiger partial charge in [-0.05, 0) is 54.8 Å². The zero-order valence-electron chi connectivity index (χ0n) is 15.0. The van der Waals surface area contributed by atoms with Crippen LogP contribution in [0.4, 0.5) is 5.69 Å². The molecule has 0 unspecified atom stereocenters. The minimum absolute atomic E-state index is 0.0754. The van der Waals surface area contributed by atoms with E-state index in [9.17, 15) is 16.8 Å². The van der Waals surface area contributed by atoms with Crippen LogP contribution in [0.2, 0.25) is 0 Å². The van der Waals surface area contributed by atoms with E-state index in [-0.39, 0.29) is 24.0 Å². The Bertz CT molecular complexity index is 1080. The van der Waals surface area contributed by atoms with Gasteiger partial charge in [0.05, 0.1) is 16.3 Å². The van der Waals surface area contributed by atoms with Crippen LogP contribution in [0.1, 0.15) is 18.4 Å². The first-order chi connectivity index (χ1) is 13.4. The normalized spacial score (nSPS) is 18.2. The third kappa shape index (κ3) is 3.80. The summed E-state index contributed by atoms with van der Waals surface area (Å²) in [7, 11) is -7.07. The number of nitrogens with one attached hydrogen (secondary N) is 1. The third-order valence-corrected chi connectivity index (χ3v) is 7.97. The number of benzene rings is 2. The van der Waals surface area contributed by atoms with Crippen LogP contribution in [0, 0.1) is 0 Å². The molecule has 2 aliphatic rings. The molecule has 0 saturated carbocycles. The number of hydrogen-bond donors (Lipinski definition) is 1. The fraction of sp³-hybridized carbons (Fsp3) is 0.333. The zero-order valence-corrected chi connectivity index (χ0v) is 16.6. The van der Waals surface area contributed by atoms with Crippen molar-refractivity contribution in [1.29, 1.82) is 0 Å². The van der Waals surface area contributed by atoms with Crippen molar-refractivity contribution in [3.8, 4) is 11.5 Å². The minimum Gasteiger partial charge on any atom is -0.454 e. The van der Waals surface area contributed by atoms with Gasteiger partial charge in [-0.1, -0.05) is 6.07 Å². The molecule has 10 heteroatoms. The standard InChI is InChI=1S/C18H20N2O6S2/c21-27(22)10-2-1-9-20(27)15-4-6-16(7-5-15)28(23,24)19-12-14-3-8-17-18(11-14)26-13-25-17/h3-8,11,19H,1-2,9-10,12-13H2. The predicted molar refractivity (Wildman–Crippen MR) is 103 cm³/mol. The highest BCUT2D eigenvalue weighted by molar-refractivity contribution is 7.92. The number of hydrogen-bond acceptors (Lipinski definition) is 6. The quantitative estimate of drug-likeness (QED) is 0.786. The number of nitrogens with zero attached hydrogens (tertiary/aromatic N) is 1. The molecule has 0 aliphatic carbocycles. The van der Waals surface area contributed by atoms with Gasteiger partial charge in [-0.3, -0.25) is 4.31 Å². The molecule has 1 saturated heterocycles. The van der Waals surface area contributed by atoms with E-state index in [1.807, 2.05) is 0 Å². The van der Waals surface area contributed by atoms with Crippen LogP contribution in [-0.2, 0) is 26.6 Å². The molecule has 2 aromatic carbocycles. The topological polar surface area (TPSA) is 102 Å². The number of sulfonamides is 2. The van der Waals surface area contributed by atoms with Crippen LogP contribution < -0.4 is 18.5 Å². The van der Waals surface area contributed by atoms with Crippen LogP contribution in [0.5, 0.6) is 11.5 Å². The second kappa shape index (κ2) is 7.26. The molecule has 0 amide bonds. The van der Waals surface area contributed by atoms with Gasteiger partial charge in [0.1, 0.15) is 0 Å². The summed E-state index contributed by atoms with van der Waals surface area (Å²) in [5, 5.41) is 0. The molecule has 2 aliphatic heterocycles. The highest BCUT2D eigenvalue weighted by Crippen LogP contribution is 2.32.